The standard InChI is InChI=1S/C22H25NO4/c1-6-12-27-22(25)19-15(5)23-14(4)18(21(24)26-8-3)20(19)17-11-9-10-16(7-2)13-17/h2,9-11,13,20,23H,6,8,12H2,1,3-5H3. The number of ether oxygens (including phenoxy) is 2. The SMILES string of the molecule is C#Cc1cccc(C2C(C(=O)OCC)=C(C)NC(C)=C2C(=O)OCCC)c1. The molecule has 0 bridgehead atoms. The fraction of sp³-hybridized carbons (Fsp3) is 0.364. The molecule has 1 unspecified atom stereocenters. The highest BCUT2D eigenvalue weighted by atomic mass is 16.5. The van der Waals surface area contributed by atoms with E-state index in [1.54, 1.807) is 26.8 Å². The number of terminal acetylenes is 1. The van der Waals surface area contributed by atoms with Gasteiger partial charge in [-0.05, 0) is 44.9 Å². The fourth-order valence-electron chi connectivity index (χ4n) is 3.16. The highest BCUT2D eigenvalue weighted by Crippen LogP contribution is 2.39. The van der Waals surface area contributed by atoms with Gasteiger partial charge in [-0.25, -0.2) is 9.59 Å². The molecule has 0 aromatic heterocycles. The topological polar surface area (TPSA) is 64.6 Å². The summed E-state index contributed by atoms with van der Waals surface area (Å²) in [6.07, 6.45) is 6.25. The molecule has 1 aliphatic heterocycles. The minimum atomic E-state index is -0.608. The Morgan fingerprint density at radius 1 is 1.11 bits per heavy atom. The highest BCUT2D eigenvalue weighted by molar-refractivity contribution is 5.99. The van der Waals surface area contributed by atoms with Gasteiger partial charge < -0.3 is 14.8 Å². The predicted octanol–water partition coefficient (Wildman–Crippen LogP) is 3.42. The average Bonchev–Trinajstić information content (AvgIpc) is 2.65. The lowest BCUT2D eigenvalue weighted by molar-refractivity contribution is -0.139. The molecule has 1 aromatic carbocycles. The Bertz CT molecular complexity index is 842. The molecule has 1 N–H and O–H groups in total. The Kier molecular flexibility index (Phi) is 6.84. The number of rotatable bonds is 6. The van der Waals surface area contributed by atoms with Gasteiger partial charge in [-0.2, -0.15) is 0 Å². The maximum atomic E-state index is 12.8. The summed E-state index contributed by atoms with van der Waals surface area (Å²) in [5, 5.41) is 3.12. The van der Waals surface area contributed by atoms with Crippen molar-refractivity contribution in [3.05, 3.63) is 57.9 Å². The van der Waals surface area contributed by atoms with Crippen LogP contribution in [0.3, 0.4) is 0 Å². The van der Waals surface area contributed by atoms with Crippen LogP contribution in [0.2, 0.25) is 0 Å². The Labute approximate surface area is 160 Å². The summed E-state index contributed by atoms with van der Waals surface area (Å²) >= 11 is 0. The summed E-state index contributed by atoms with van der Waals surface area (Å²) in [7, 11) is 0. The lowest BCUT2D eigenvalue weighted by Gasteiger charge is -2.30. The normalized spacial score (nSPS) is 16.5. The van der Waals surface area contributed by atoms with Crippen LogP contribution in [0.1, 0.15) is 51.2 Å². The van der Waals surface area contributed by atoms with Gasteiger partial charge in [-0.1, -0.05) is 25.0 Å². The van der Waals surface area contributed by atoms with Crippen LogP contribution in [0.5, 0.6) is 0 Å². The largest absolute Gasteiger partial charge is 0.463 e. The van der Waals surface area contributed by atoms with E-state index in [0.29, 0.717) is 41.1 Å². The predicted molar refractivity (Wildman–Crippen MR) is 104 cm³/mol. The van der Waals surface area contributed by atoms with Crippen molar-refractivity contribution in [2.24, 2.45) is 0 Å². The first-order valence-corrected chi connectivity index (χ1v) is 9.03. The van der Waals surface area contributed by atoms with Gasteiger partial charge >= 0.3 is 11.9 Å². The number of hydrogen-bond donors (Lipinski definition) is 1. The molecular weight excluding hydrogens is 342 g/mol. The van der Waals surface area contributed by atoms with Crippen molar-refractivity contribution >= 4 is 11.9 Å². The minimum Gasteiger partial charge on any atom is -0.463 e. The first-order valence-electron chi connectivity index (χ1n) is 9.03. The molecular formula is C22H25NO4. The third kappa shape index (κ3) is 4.40. The van der Waals surface area contributed by atoms with Crippen molar-refractivity contribution in [1.82, 2.24) is 5.32 Å². The molecule has 1 aromatic rings. The molecule has 0 amide bonds. The van der Waals surface area contributed by atoms with Gasteiger partial charge in [0.05, 0.1) is 30.3 Å². The summed E-state index contributed by atoms with van der Waals surface area (Å²) in [6.45, 7) is 7.81. The Balaban J connectivity index is 2.63. The maximum Gasteiger partial charge on any atom is 0.336 e. The first-order chi connectivity index (χ1) is 12.9. The number of carbonyl (C=O) groups excluding carboxylic acids is 2. The summed E-state index contributed by atoms with van der Waals surface area (Å²) in [5.74, 6) is 1.07. The van der Waals surface area contributed by atoms with Crippen molar-refractivity contribution in [2.45, 2.75) is 40.0 Å². The third-order valence-electron chi connectivity index (χ3n) is 4.30. The van der Waals surface area contributed by atoms with E-state index in [1.165, 1.54) is 0 Å². The van der Waals surface area contributed by atoms with Crippen LogP contribution >= 0.6 is 0 Å². The second kappa shape index (κ2) is 9.09. The van der Waals surface area contributed by atoms with Gasteiger partial charge in [0.2, 0.25) is 0 Å². The smallest absolute Gasteiger partial charge is 0.336 e. The molecule has 27 heavy (non-hydrogen) atoms. The quantitative estimate of drug-likeness (QED) is 0.616. The van der Waals surface area contributed by atoms with E-state index in [1.807, 2.05) is 25.1 Å². The van der Waals surface area contributed by atoms with Crippen molar-refractivity contribution < 1.29 is 19.1 Å². The lowest BCUT2D eigenvalue weighted by atomic mass is 9.80. The van der Waals surface area contributed by atoms with Gasteiger partial charge in [0, 0.05) is 17.0 Å². The summed E-state index contributed by atoms with van der Waals surface area (Å²) in [5.41, 5.74) is 3.50. The van der Waals surface area contributed by atoms with Crippen LogP contribution in [0.15, 0.2) is 46.8 Å². The van der Waals surface area contributed by atoms with Crippen molar-refractivity contribution in [3.63, 3.8) is 0 Å². The number of allylic oxidation sites excluding steroid dienone is 2. The molecule has 0 spiro atoms. The van der Waals surface area contributed by atoms with Crippen LogP contribution < -0.4 is 5.32 Å². The Hall–Kier alpha value is -3.00. The molecule has 5 nitrogen and oxygen atoms in total. The average molecular weight is 367 g/mol. The molecule has 142 valence electrons. The van der Waals surface area contributed by atoms with Gasteiger partial charge in [0.1, 0.15) is 0 Å². The molecule has 0 radical (unpaired) electrons. The minimum absolute atomic E-state index is 0.241. The van der Waals surface area contributed by atoms with Gasteiger partial charge in [0.15, 0.2) is 0 Å². The van der Waals surface area contributed by atoms with E-state index < -0.39 is 17.9 Å². The highest BCUT2D eigenvalue weighted by Gasteiger charge is 2.37. The zero-order valence-electron chi connectivity index (χ0n) is 16.2. The number of nitrogens with one attached hydrogen (secondary N) is 1. The van der Waals surface area contributed by atoms with Gasteiger partial charge in [-0.15, -0.1) is 6.42 Å². The Morgan fingerprint density at radius 3 is 2.30 bits per heavy atom. The monoisotopic (exact) mass is 367 g/mol. The van der Waals surface area contributed by atoms with Crippen LogP contribution in [0, 0.1) is 12.3 Å². The molecule has 1 aliphatic rings. The summed E-state index contributed by atoms with van der Waals surface area (Å²) in [4.78, 5) is 25.5. The number of hydrogen-bond acceptors (Lipinski definition) is 5. The summed E-state index contributed by atoms with van der Waals surface area (Å²) in [6, 6.07) is 7.28. The second-order valence-electron chi connectivity index (χ2n) is 6.26. The van der Waals surface area contributed by atoms with E-state index in [0.717, 1.165) is 5.56 Å². The van der Waals surface area contributed by atoms with Crippen molar-refractivity contribution in [1.29, 1.82) is 0 Å². The van der Waals surface area contributed by atoms with Crippen molar-refractivity contribution in [3.8, 4) is 12.3 Å². The van der Waals surface area contributed by atoms with E-state index in [9.17, 15) is 9.59 Å². The second-order valence-corrected chi connectivity index (χ2v) is 6.26. The fourth-order valence-corrected chi connectivity index (χ4v) is 3.16. The van der Waals surface area contributed by atoms with Crippen LogP contribution in [-0.2, 0) is 19.1 Å². The van der Waals surface area contributed by atoms with Gasteiger partial charge in [0.25, 0.3) is 0 Å². The number of carbonyl (C=O) groups is 2. The van der Waals surface area contributed by atoms with E-state index in [2.05, 4.69) is 11.2 Å². The van der Waals surface area contributed by atoms with Crippen LogP contribution in [-0.4, -0.2) is 25.2 Å². The molecule has 0 saturated carbocycles. The molecule has 0 aliphatic carbocycles. The van der Waals surface area contributed by atoms with Crippen molar-refractivity contribution in [2.75, 3.05) is 13.2 Å². The van der Waals surface area contributed by atoms with E-state index >= 15 is 0 Å². The lowest BCUT2D eigenvalue weighted by Crippen LogP contribution is -2.32. The van der Waals surface area contributed by atoms with Crippen LogP contribution in [0.4, 0.5) is 0 Å². The molecule has 1 heterocycles. The zero-order valence-corrected chi connectivity index (χ0v) is 16.2. The third-order valence-corrected chi connectivity index (χ3v) is 4.30. The molecule has 1 atom stereocenters. The maximum absolute atomic E-state index is 12.8. The zero-order chi connectivity index (χ0) is 20.0. The number of esters is 2. The first kappa shape index (κ1) is 20.3. The van der Waals surface area contributed by atoms with Crippen LogP contribution in [0.25, 0.3) is 0 Å². The van der Waals surface area contributed by atoms with E-state index in [-0.39, 0.29) is 6.61 Å². The number of dihydropyridines is 1. The molecule has 5 heteroatoms. The van der Waals surface area contributed by atoms with Gasteiger partial charge in [-0.3, -0.25) is 0 Å². The number of benzene rings is 1. The Morgan fingerprint density at radius 2 is 1.74 bits per heavy atom. The molecule has 0 fully saturated rings. The summed E-state index contributed by atoms with van der Waals surface area (Å²) < 4.78 is 10.6. The van der Waals surface area contributed by atoms with E-state index in [4.69, 9.17) is 15.9 Å². The molecule has 0 saturated heterocycles. The molecule has 2 rings (SSSR count).